The third-order valence-corrected chi connectivity index (χ3v) is 6.98. The summed E-state index contributed by atoms with van der Waals surface area (Å²) in [6, 6.07) is -0.573. The molecule has 9 nitrogen and oxygen atoms in total. The quantitative estimate of drug-likeness (QED) is 0.518. The highest BCUT2D eigenvalue weighted by Crippen LogP contribution is 2.43. The van der Waals surface area contributed by atoms with Gasteiger partial charge in [-0.05, 0) is 57.8 Å². The monoisotopic (exact) mass is 451 g/mol. The number of nitrogens with zero attached hydrogens (tertiary/aromatic N) is 2. The van der Waals surface area contributed by atoms with E-state index < -0.39 is 30.2 Å². The number of hydrogen-bond donors (Lipinski definition) is 1. The molecule has 1 aliphatic carbocycles. The summed E-state index contributed by atoms with van der Waals surface area (Å²) in [5.41, 5.74) is -0.782. The molecule has 0 bridgehead atoms. The molecule has 4 amide bonds. The lowest BCUT2D eigenvalue weighted by Crippen LogP contribution is -2.52. The summed E-state index contributed by atoms with van der Waals surface area (Å²) in [6.45, 7) is 12.2. The standard InChI is InChI=1S/C23H37N3O6/c1-14-11-25(12-15(2)31-14)19(28)16(3)32-18(27)13-26-20(29)23(24-21(26)30)9-7-17(8-10-23)22(4,5)6/h14-17H,7-13H2,1-6H3,(H,24,30). The number of carbonyl (C=O) groups is 4. The van der Waals surface area contributed by atoms with Crippen LogP contribution in [0.4, 0.5) is 4.79 Å². The SMILES string of the molecule is CC1CN(C(=O)C(C)OC(=O)CN2C(=O)NC3(CCC(C(C)(C)C)CC3)C2=O)CC(C)O1. The number of esters is 1. The summed E-state index contributed by atoms with van der Waals surface area (Å²) in [5.74, 6) is -0.977. The number of amides is 4. The minimum absolute atomic E-state index is 0.0962. The zero-order valence-electron chi connectivity index (χ0n) is 20.1. The van der Waals surface area contributed by atoms with Crippen LogP contribution in [0.15, 0.2) is 0 Å². The minimum Gasteiger partial charge on any atom is -0.451 e. The topological polar surface area (TPSA) is 105 Å². The van der Waals surface area contributed by atoms with Crippen molar-refractivity contribution in [1.29, 1.82) is 0 Å². The smallest absolute Gasteiger partial charge is 0.327 e. The van der Waals surface area contributed by atoms with Gasteiger partial charge in [0.2, 0.25) is 0 Å². The van der Waals surface area contributed by atoms with Gasteiger partial charge in [-0.1, -0.05) is 20.8 Å². The van der Waals surface area contributed by atoms with E-state index in [-0.39, 0.29) is 29.4 Å². The molecule has 0 radical (unpaired) electrons. The normalized spacial score (nSPS) is 32.1. The molecule has 180 valence electrons. The van der Waals surface area contributed by atoms with Gasteiger partial charge >= 0.3 is 12.0 Å². The van der Waals surface area contributed by atoms with E-state index in [1.165, 1.54) is 6.92 Å². The number of nitrogens with one attached hydrogen (secondary N) is 1. The number of ether oxygens (including phenoxy) is 2. The molecule has 9 heteroatoms. The Kier molecular flexibility index (Phi) is 6.88. The number of hydrogen-bond acceptors (Lipinski definition) is 6. The van der Waals surface area contributed by atoms with Crippen molar-refractivity contribution in [3.63, 3.8) is 0 Å². The average Bonchev–Trinajstić information content (AvgIpc) is 2.90. The molecule has 32 heavy (non-hydrogen) atoms. The van der Waals surface area contributed by atoms with Crippen LogP contribution in [-0.2, 0) is 23.9 Å². The van der Waals surface area contributed by atoms with Crippen LogP contribution >= 0.6 is 0 Å². The highest BCUT2D eigenvalue weighted by Gasteiger charge is 2.53. The zero-order valence-corrected chi connectivity index (χ0v) is 20.1. The predicted octanol–water partition coefficient (Wildman–Crippen LogP) is 2.08. The predicted molar refractivity (Wildman–Crippen MR) is 117 cm³/mol. The van der Waals surface area contributed by atoms with Gasteiger partial charge in [0.1, 0.15) is 12.1 Å². The molecule has 3 unspecified atom stereocenters. The number of carbonyl (C=O) groups excluding carboxylic acids is 4. The van der Waals surface area contributed by atoms with Gasteiger partial charge in [-0.3, -0.25) is 19.3 Å². The molecule has 2 heterocycles. The molecule has 3 atom stereocenters. The molecule has 2 aliphatic heterocycles. The van der Waals surface area contributed by atoms with E-state index in [0.29, 0.717) is 31.8 Å². The fourth-order valence-corrected chi connectivity index (χ4v) is 5.16. The zero-order chi connectivity index (χ0) is 23.8. The van der Waals surface area contributed by atoms with Gasteiger partial charge in [0, 0.05) is 13.1 Å². The van der Waals surface area contributed by atoms with E-state index in [0.717, 1.165) is 17.7 Å². The summed E-state index contributed by atoms with van der Waals surface area (Å²) in [5, 5.41) is 2.82. The van der Waals surface area contributed by atoms with E-state index >= 15 is 0 Å². The van der Waals surface area contributed by atoms with Gasteiger partial charge in [-0.2, -0.15) is 0 Å². The lowest BCUT2D eigenvalue weighted by molar-refractivity contribution is -0.165. The molecule has 3 aliphatic rings. The molecule has 1 saturated carbocycles. The molecular weight excluding hydrogens is 414 g/mol. The lowest BCUT2D eigenvalue weighted by atomic mass is 9.67. The Bertz CT molecular complexity index is 758. The van der Waals surface area contributed by atoms with Crippen molar-refractivity contribution in [2.24, 2.45) is 11.3 Å². The molecule has 0 aromatic heterocycles. The number of morpholine rings is 1. The van der Waals surface area contributed by atoms with Crippen LogP contribution in [0.1, 0.15) is 67.2 Å². The first-order valence-corrected chi connectivity index (χ1v) is 11.6. The Labute approximate surface area is 190 Å². The third kappa shape index (κ3) is 5.08. The number of imide groups is 1. The first kappa shape index (κ1) is 24.5. The van der Waals surface area contributed by atoms with Crippen LogP contribution in [-0.4, -0.2) is 77.1 Å². The highest BCUT2D eigenvalue weighted by atomic mass is 16.5. The maximum atomic E-state index is 13.1. The summed E-state index contributed by atoms with van der Waals surface area (Å²) < 4.78 is 10.9. The van der Waals surface area contributed by atoms with E-state index in [1.54, 1.807) is 4.90 Å². The molecule has 1 N–H and O–H groups in total. The van der Waals surface area contributed by atoms with Crippen molar-refractivity contribution in [3.8, 4) is 0 Å². The van der Waals surface area contributed by atoms with Crippen molar-refractivity contribution in [2.75, 3.05) is 19.6 Å². The third-order valence-electron chi connectivity index (χ3n) is 6.98. The molecule has 2 saturated heterocycles. The van der Waals surface area contributed by atoms with Crippen LogP contribution in [0, 0.1) is 11.3 Å². The van der Waals surface area contributed by atoms with E-state index in [4.69, 9.17) is 9.47 Å². The van der Waals surface area contributed by atoms with Gasteiger partial charge < -0.3 is 19.7 Å². The molecule has 0 aromatic rings. The van der Waals surface area contributed by atoms with Crippen LogP contribution in [0.25, 0.3) is 0 Å². The first-order valence-electron chi connectivity index (χ1n) is 11.6. The summed E-state index contributed by atoms with van der Waals surface area (Å²) >= 11 is 0. The van der Waals surface area contributed by atoms with Gasteiger partial charge in [-0.15, -0.1) is 0 Å². The Morgan fingerprint density at radius 1 is 1.16 bits per heavy atom. The van der Waals surface area contributed by atoms with Crippen molar-refractivity contribution in [1.82, 2.24) is 15.1 Å². The van der Waals surface area contributed by atoms with Crippen molar-refractivity contribution < 1.29 is 28.7 Å². The van der Waals surface area contributed by atoms with Crippen molar-refractivity contribution in [3.05, 3.63) is 0 Å². The second-order valence-corrected chi connectivity index (χ2v) is 10.7. The Morgan fingerprint density at radius 2 is 1.72 bits per heavy atom. The minimum atomic E-state index is -1.00. The second kappa shape index (κ2) is 9.00. The van der Waals surface area contributed by atoms with E-state index in [2.05, 4.69) is 26.1 Å². The van der Waals surface area contributed by atoms with Crippen LogP contribution < -0.4 is 5.32 Å². The number of urea groups is 1. The Balaban J connectivity index is 1.55. The van der Waals surface area contributed by atoms with E-state index in [9.17, 15) is 19.2 Å². The van der Waals surface area contributed by atoms with Crippen molar-refractivity contribution in [2.45, 2.75) is 91.1 Å². The second-order valence-electron chi connectivity index (χ2n) is 10.7. The Hall–Kier alpha value is -2.16. The average molecular weight is 452 g/mol. The molecular formula is C23H37N3O6. The Morgan fingerprint density at radius 3 is 2.25 bits per heavy atom. The molecule has 0 aromatic carbocycles. The van der Waals surface area contributed by atoms with Gasteiger partial charge in [0.25, 0.3) is 11.8 Å². The number of rotatable bonds is 4. The van der Waals surface area contributed by atoms with Gasteiger partial charge in [-0.25, -0.2) is 4.79 Å². The maximum Gasteiger partial charge on any atom is 0.327 e. The maximum absolute atomic E-state index is 13.1. The van der Waals surface area contributed by atoms with E-state index in [1.807, 2.05) is 13.8 Å². The lowest BCUT2D eigenvalue weighted by Gasteiger charge is -2.40. The first-order chi connectivity index (χ1) is 14.8. The van der Waals surface area contributed by atoms with Crippen LogP contribution in [0.3, 0.4) is 0 Å². The van der Waals surface area contributed by atoms with Crippen molar-refractivity contribution >= 4 is 23.8 Å². The fourth-order valence-electron chi connectivity index (χ4n) is 5.16. The summed E-state index contributed by atoms with van der Waals surface area (Å²) in [7, 11) is 0. The molecule has 3 fully saturated rings. The summed E-state index contributed by atoms with van der Waals surface area (Å²) in [6.07, 6.45) is 1.62. The molecule has 3 rings (SSSR count). The van der Waals surface area contributed by atoms with Gasteiger partial charge in [0.15, 0.2) is 6.10 Å². The van der Waals surface area contributed by atoms with Crippen LogP contribution in [0.5, 0.6) is 0 Å². The molecule has 1 spiro atoms. The summed E-state index contributed by atoms with van der Waals surface area (Å²) in [4.78, 5) is 53.3. The fraction of sp³-hybridized carbons (Fsp3) is 0.826. The largest absolute Gasteiger partial charge is 0.451 e. The van der Waals surface area contributed by atoms with Crippen LogP contribution in [0.2, 0.25) is 0 Å². The highest BCUT2D eigenvalue weighted by molar-refractivity contribution is 6.08. The van der Waals surface area contributed by atoms with Gasteiger partial charge in [0.05, 0.1) is 12.2 Å².